The molecule has 3 heterocycles. The van der Waals surface area contributed by atoms with Gasteiger partial charge in [-0.05, 0) is 32.6 Å². The fraction of sp³-hybridized carbons (Fsp3) is 0.769. The summed E-state index contributed by atoms with van der Waals surface area (Å²) in [7, 11) is 0. The molecule has 2 aliphatic heterocycles. The Hall–Kier alpha value is -1.63. The highest BCUT2D eigenvalue weighted by Crippen LogP contribution is 2.20. The van der Waals surface area contributed by atoms with Crippen molar-refractivity contribution >= 4 is 17.8 Å². The Morgan fingerprint density at radius 3 is 2.75 bits per heavy atom. The zero-order chi connectivity index (χ0) is 13.9. The van der Waals surface area contributed by atoms with Gasteiger partial charge in [0, 0.05) is 19.7 Å². The fourth-order valence-electron chi connectivity index (χ4n) is 2.80. The second-order valence-corrected chi connectivity index (χ2v) is 5.50. The topological polar surface area (TPSA) is 89.2 Å². The number of nitrogens with one attached hydrogen (secondary N) is 1. The van der Waals surface area contributed by atoms with Crippen LogP contribution in [0.2, 0.25) is 0 Å². The van der Waals surface area contributed by atoms with E-state index in [0.29, 0.717) is 11.9 Å². The molecule has 110 valence electrons. The van der Waals surface area contributed by atoms with Crippen molar-refractivity contribution in [3.8, 4) is 0 Å². The second kappa shape index (κ2) is 5.78. The van der Waals surface area contributed by atoms with Gasteiger partial charge in [0.15, 0.2) is 0 Å². The van der Waals surface area contributed by atoms with E-state index in [4.69, 9.17) is 10.5 Å². The van der Waals surface area contributed by atoms with Gasteiger partial charge in [0.05, 0.1) is 12.1 Å². The summed E-state index contributed by atoms with van der Waals surface area (Å²) in [4.78, 5) is 15.0. The van der Waals surface area contributed by atoms with Gasteiger partial charge in [-0.25, -0.2) is 0 Å². The summed E-state index contributed by atoms with van der Waals surface area (Å²) in [6.45, 7) is 4.91. The number of nitrogens with two attached hydrogens (primary N) is 1. The van der Waals surface area contributed by atoms with Crippen molar-refractivity contribution in [3.63, 3.8) is 0 Å². The molecule has 1 aromatic heterocycles. The Bertz CT molecular complexity index is 456. The van der Waals surface area contributed by atoms with Gasteiger partial charge < -0.3 is 20.7 Å². The van der Waals surface area contributed by atoms with Crippen LogP contribution in [0.3, 0.4) is 0 Å². The first-order chi connectivity index (χ1) is 9.72. The Morgan fingerprint density at radius 1 is 1.25 bits per heavy atom. The van der Waals surface area contributed by atoms with Gasteiger partial charge in [0.1, 0.15) is 0 Å². The van der Waals surface area contributed by atoms with Crippen LogP contribution in [0.1, 0.15) is 32.6 Å². The SMILES string of the molecule is CC(Nc1nc(N)nc(N2CCCC2)n1)C1CCCO1. The highest BCUT2D eigenvalue weighted by atomic mass is 16.5. The molecule has 2 aliphatic rings. The minimum atomic E-state index is 0.172. The summed E-state index contributed by atoms with van der Waals surface area (Å²) in [5.41, 5.74) is 5.80. The van der Waals surface area contributed by atoms with Crippen molar-refractivity contribution in [3.05, 3.63) is 0 Å². The van der Waals surface area contributed by atoms with Gasteiger partial charge in [0.25, 0.3) is 0 Å². The number of aromatic nitrogens is 3. The van der Waals surface area contributed by atoms with E-state index in [2.05, 4.69) is 32.1 Å². The highest BCUT2D eigenvalue weighted by molar-refractivity contribution is 5.42. The lowest BCUT2D eigenvalue weighted by atomic mass is 10.1. The van der Waals surface area contributed by atoms with Crippen molar-refractivity contribution in [2.45, 2.75) is 44.8 Å². The van der Waals surface area contributed by atoms with E-state index < -0.39 is 0 Å². The zero-order valence-corrected chi connectivity index (χ0v) is 11.9. The molecule has 0 saturated carbocycles. The molecule has 7 heteroatoms. The maximum Gasteiger partial charge on any atom is 0.231 e. The van der Waals surface area contributed by atoms with Gasteiger partial charge in [0.2, 0.25) is 17.8 Å². The molecule has 1 aromatic rings. The molecular weight excluding hydrogens is 256 g/mol. The molecule has 3 rings (SSSR count). The van der Waals surface area contributed by atoms with E-state index in [1.807, 2.05) is 0 Å². The molecule has 2 saturated heterocycles. The number of hydrogen-bond acceptors (Lipinski definition) is 7. The van der Waals surface area contributed by atoms with E-state index in [1.165, 1.54) is 12.8 Å². The third-order valence-electron chi connectivity index (χ3n) is 3.91. The summed E-state index contributed by atoms with van der Waals surface area (Å²) in [6.07, 6.45) is 4.78. The van der Waals surface area contributed by atoms with E-state index >= 15 is 0 Å². The lowest BCUT2D eigenvalue weighted by Gasteiger charge is -2.21. The van der Waals surface area contributed by atoms with Crippen LogP contribution in [0.4, 0.5) is 17.8 Å². The molecule has 20 heavy (non-hydrogen) atoms. The van der Waals surface area contributed by atoms with Gasteiger partial charge in [-0.2, -0.15) is 15.0 Å². The molecule has 0 spiro atoms. The van der Waals surface area contributed by atoms with Gasteiger partial charge in [-0.1, -0.05) is 0 Å². The Balaban J connectivity index is 1.71. The van der Waals surface area contributed by atoms with Gasteiger partial charge in [-0.15, -0.1) is 0 Å². The predicted molar refractivity (Wildman–Crippen MR) is 77.7 cm³/mol. The first-order valence-electron chi connectivity index (χ1n) is 7.37. The average Bonchev–Trinajstić information content (AvgIpc) is 3.12. The number of nitrogens with zero attached hydrogens (tertiary/aromatic N) is 4. The Morgan fingerprint density at radius 2 is 2.05 bits per heavy atom. The quantitative estimate of drug-likeness (QED) is 0.850. The van der Waals surface area contributed by atoms with Crippen molar-refractivity contribution < 1.29 is 4.74 Å². The Kier molecular flexibility index (Phi) is 3.86. The standard InChI is InChI=1S/C13H22N6O/c1-9(10-5-4-8-20-10)15-12-16-11(14)17-13(18-12)19-6-2-3-7-19/h9-10H,2-8H2,1H3,(H3,14,15,16,17,18). The van der Waals surface area contributed by atoms with Crippen LogP contribution in [-0.4, -0.2) is 46.8 Å². The molecule has 0 radical (unpaired) electrons. The van der Waals surface area contributed by atoms with Crippen molar-refractivity contribution in [2.24, 2.45) is 0 Å². The predicted octanol–water partition coefficient (Wildman–Crippen LogP) is 1.03. The lowest BCUT2D eigenvalue weighted by molar-refractivity contribution is 0.0994. The van der Waals surface area contributed by atoms with Crippen LogP contribution in [0.5, 0.6) is 0 Å². The van der Waals surface area contributed by atoms with Crippen LogP contribution < -0.4 is 16.0 Å². The van der Waals surface area contributed by atoms with Crippen LogP contribution in [0.25, 0.3) is 0 Å². The van der Waals surface area contributed by atoms with Crippen LogP contribution in [-0.2, 0) is 4.74 Å². The average molecular weight is 278 g/mol. The third-order valence-corrected chi connectivity index (χ3v) is 3.91. The number of nitrogen functional groups attached to an aromatic ring is 1. The van der Waals surface area contributed by atoms with Crippen LogP contribution in [0.15, 0.2) is 0 Å². The number of anilines is 3. The summed E-state index contributed by atoms with van der Waals surface area (Å²) in [5, 5.41) is 3.29. The molecule has 0 aliphatic carbocycles. The Labute approximate surface area is 118 Å². The van der Waals surface area contributed by atoms with Crippen molar-refractivity contribution in [1.29, 1.82) is 0 Å². The summed E-state index contributed by atoms with van der Waals surface area (Å²) >= 11 is 0. The largest absolute Gasteiger partial charge is 0.376 e. The fourth-order valence-corrected chi connectivity index (χ4v) is 2.80. The summed E-state index contributed by atoms with van der Waals surface area (Å²) < 4.78 is 5.67. The van der Waals surface area contributed by atoms with Crippen molar-refractivity contribution in [1.82, 2.24) is 15.0 Å². The van der Waals surface area contributed by atoms with Crippen LogP contribution >= 0.6 is 0 Å². The molecule has 2 fully saturated rings. The van der Waals surface area contributed by atoms with Gasteiger partial charge >= 0.3 is 0 Å². The lowest BCUT2D eigenvalue weighted by Crippen LogP contribution is -2.31. The minimum Gasteiger partial charge on any atom is -0.376 e. The normalized spacial score (nSPS) is 24.1. The monoisotopic (exact) mass is 278 g/mol. The molecule has 2 unspecified atom stereocenters. The van der Waals surface area contributed by atoms with Crippen molar-refractivity contribution in [2.75, 3.05) is 35.6 Å². The first kappa shape index (κ1) is 13.4. The number of ether oxygens (including phenoxy) is 1. The van der Waals surface area contributed by atoms with Gasteiger partial charge in [-0.3, -0.25) is 0 Å². The van der Waals surface area contributed by atoms with Crippen LogP contribution in [0, 0.1) is 0 Å². The van der Waals surface area contributed by atoms with E-state index in [0.717, 1.165) is 32.5 Å². The molecular formula is C13H22N6O. The number of hydrogen-bond donors (Lipinski definition) is 2. The molecule has 7 nitrogen and oxygen atoms in total. The van der Waals surface area contributed by atoms with E-state index in [-0.39, 0.29) is 18.1 Å². The molecule has 3 N–H and O–H groups in total. The maximum absolute atomic E-state index is 5.80. The maximum atomic E-state index is 5.80. The second-order valence-electron chi connectivity index (χ2n) is 5.50. The zero-order valence-electron chi connectivity index (χ0n) is 11.9. The van der Waals surface area contributed by atoms with E-state index in [1.54, 1.807) is 0 Å². The molecule has 2 atom stereocenters. The molecule has 0 aromatic carbocycles. The molecule has 0 amide bonds. The first-order valence-corrected chi connectivity index (χ1v) is 7.37. The summed E-state index contributed by atoms with van der Waals surface area (Å²) in [6, 6.07) is 0.172. The minimum absolute atomic E-state index is 0.172. The third kappa shape index (κ3) is 2.92. The smallest absolute Gasteiger partial charge is 0.231 e. The molecule has 0 bridgehead atoms. The highest BCUT2D eigenvalue weighted by Gasteiger charge is 2.24. The van der Waals surface area contributed by atoms with E-state index in [9.17, 15) is 0 Å². The summed E-state index contributed by atoms with van der Waals surface area (Å²) in [5.74, 6) is 1.49. The number of rotatable bonds is 4.